The molecule has 0 saturated carbocycles. The number of halogens is 1. The summed E-state index contributed by atoms with van der Waals surface area (Å²) in [6.45, 7) is -0.232. The first-order valence-corrected chi connectivity index (χ1v) is 8.72. The first-order valence-electron chi connectivity index (χ1n) is 7.53. The molecule has 0 bridgehead atoms. The molecule has 0 radical (unpaired) electrons. The monoisotopic (exact) mass is 386 g/mol. The Bertz CT molecular complexity index is 1150. The van der Waals surface area contributed by atoms with E-state index in [4.69, 9.17) is 11.6 Å². The molecular weight excluding hydrogens is 376 g/mol. The van der Waals surface area contributed by atoms with Crippen LogP contribution in [-0.4, -0.2) is 30.5 Å². The van der Waals surface area contributed by atoms with Gasteiger partial charge in [-0.25, -0.2) is 14.3 Å². The van der Waals surface area contributed by atoms with Crippen molar-refractivity contribution in [2.24, 2.45) is 0 Å². The highest BCUT2D eigenvalue weighted by Gasteiger charge is 2.11. The van der Waals surface area contributed by atoms with E-state index in [2.05, 4.69) is 20.5 Å². The topological polar surface area (TPSA) is 94.7 Å². The van der Waals surface area contributed by atoms with Crippen LogP contribution in [0.5, 0.6) is 0 Å². The second kappa shape index (κ2) is 6.70. The molecular formula is C16H11ClN6O2S. The predicted molar refractivity (Wildman–Crippen MR) is 98.9 cm³/mol. The fourth-order valence-corrected chi connectivity index (χ4v) is 3.48. The summed E-state index contributed by atoms with van der Waals surface area (Å²) in [5, 5.41) is 11.9. The zero-order valence-corrected chi connectivity index (χ0v) is 14.7. The maximum atomic E-state index is 12.3. The fourth-order valence-electron chi connectivity index (χ4n) is 2.32. The lowest BCUT2D eigenvalue weighted by Gasteiger charge is -2.06. The van der Waals surface area contributed by atoms with Gasteiger partial charge in [-0.15, -0.1) is 5.10 Å². The molecule has 0 aliphatic carbocycles. The van der Waals surface area contributed by atoms with Gasteiger partial charge in [-0.2, -0.15) is 5.10 Å². The van der Waals surface area contributed by atoms with Crippen molar-refractivity contribution in [2.45, 2.75) is 6.54 Å². The summed E-state index contributed by atoms with van der Waals surface area (Å²) in [5.74, 6) is 0.0411. The van der Waals surface area contributed by atoms with Crippen LogP contribution in [0, 0.1) is 0 Å². The Morgan fingerprint density at radius 3 is 2.96 bits per heavy atom. The average Bonchev–Trinajstić information content (AvgIpc) is 3.25. The van der Waals surface area contributed by atoms with Gasteiger partial charge in [0.15, 0.2) is 10.9 Å². The average molecular weight is 387 g/mol. The third-order valence-corrected chi connectivity index (χ3v) is 4.65. The number of nitrogens with one attached hydrogen (secondary N) is 1. The molecule has 0 saturated heterocycles. The van der Waals surface area contributed by atoms with Crippen molar-refractivity contribution in [3.63, 3.8) is 0 Å². The Labute approximate surface area is 155 Å². The van der Waals surface area contributed by atoms with Crippen LogP contribution in [0.15, 0.2) is 53.6 Å². The number of benzene rings is 1. The van der Waals surface area contributed by atoms with E-state index in [-0.39, 0.29) is 12.1 Å². The minimum absolute atomic E-state index is 0.232. The number of carbonyl (C=O) groups is 1. The molecule has 130 valence electrons. The van der Waals surface area contributed by atoms with Crippen molar-refractivity contribution in [3.05, 3.63) is 64.2 Å². The van der Waals surface area contributed by atoms with E-state index < -0.39 is 5.91 Å². The van der Waals surface area contributed by atoms with Gasteiger partial charge >= 0.3 is 0 Å². The number of nitrogens with zero attached hydrogens (tertiary/aromatic N) is 5. The van der Waals surface area contributed by atoms with E-state index in [1.807, 2.05) is 0 Å². The van der Waals surface area contributed by atoms with Crippen LogP contribution < -0.4 is 10.9 Å². The number of hydrogen-bond acceptors (Lipinski definition) is 6. The van der Waals surface area contributed by atoms with Gasteiger partial charge in [0.2, 0.25) is 5.91 Å². The zero-order chi connectivity index (χ0) is 18.1. The summed E-state index contributed by atoms with van der Waals surface area (Å²) in [6, 6.07) is 9.92. The first-order chi connectivity index (χ1) is 12.6. The lowest BCUT2D eigenvalue weighted by Crippen LogP contribution is -2.30. The number of fused-ring (bicyclic) bond motifs is 1. The van der Waals surface area contributed by atoms with E-state index in [0.29, 0.717) is 16.0 Å². The van der Waals surface area contributed by atoms with Crippen molar-refractivity contribution >= 4 is 44.2 Å². The number of rotatable bonds is 4. The Hall–Kier alpha value is -3.04. The van der Waals surface area contributed by atoms with E-state index in [0.717, 1.165) is 14.9 Å². The number of hydrogen-bond donors (Lipinski definition) is 1. The highest BCUT2D eigenvalue weighted by molar-refractivity contribution is 7.22. The second-order valence-electron chi connectivity index (χ2n) is 5.32. The maximum absolute atomic E-state index is 12.3. The van der Waals surface area contributed by atoms with Crippen LogP contribution in [0.1, 0.15) is 0 Å². The van der Waals surface area contributed by atoms with Crippen molar-refractivity contribution < 1.29 is 4.79 Å². The Kier molecular flexibility index (Phi) is 4.23. The van der Waals surface area contributed by atoms with Crippen LogP contribution in [0.25, 0.3) is 16.0 Å². The molecule has 0 atom stereocenters. The molecule has 0 aliphatic heterocycles. The van der Waals surface area contributed by atoms with Crippen LogP contribution >= 0.6 is 22.9 Å². The molecule has 0 spiro atoms. The minimum atomic E-state index is -0.401. The summed E-state index contributed by atoms with van der Waals surface area (Å²) in [6.07, 6.45) is 3.30. The molecule has 1 amide bonds. The van der Waals surface area contributed by atoms with Crippen LogP contribution in [0.4, 0.5) is 5.13 Å². The predicted octanol–water partition coefficient (Wildman–Crippen LogP) is 2.33. The van der Waals surface area contributed by atoms with Crippen LogP contribution in [-0.2, 0) is 11.3 Å². The smallest absolute Gasteiger partial charge is 0.267 e. The first kappa shape index (κ1) is 16.4. The number of thiazole rings is 1. The third-order valence-electron chi connectivity index (χ3n) is 3.48. The number of anilines is 1. The fraction of sp³-hybridized carbons (Fsp3) is 0.0625. The number of amides is 1. The number of carbonyl (C=O) groups excluding carboxylic acids is 1. The Balaban J connectivity index is 1.54. The van der Waals surface area contributed by atoms with Gasteiger partial charge < -0.3 is 5.32 Å². The second-order valence-corrected chi connectivity index (χ2v) is 6.78. The van der Waals surface area contributed by atoms with E-state index in [1.165, 1.54) is 22.1 Å². The molecule has 1 aromatic carbocycles. The molecule has 0 aliphatic rings. The molecule has 4 rings (SSSR count). The van der Waals surface area contributed by atoms with E-state index in [9.17, 15) is 9.59 Å². The van der Waals surface area contributed by atoms with E-state index >= 15 is 0 Å². The van der Waals surface area contributed by atoms with Crippen molar-refractivity contribution in [3.8, 4) is 5.82 Å². The van der Waals surface area contributed by atoms with Gasteiger partial charge in [-0.1, -0.05) is 22.9 Å². The maximum Gasteiger partial charge on any atom is 0.267 e. The quantitative estimate of drug-likeness (QED) is 0.580. The molecule has 0 fully saturated rings. The summed E-state index contributed by atoms with van der Waals surface area (Å²) in [7, 11) is 0. The molecule has 4 aromatic rings. The lowest BCUT2D eigenvalue weighted by atomic mass is 10.3. The summed E-state index contributed by atoms with van der Waals surface area (Å²) < 4.78 is 3.45. The third kappa shape index (κ3) is 3.35. The molecule has 10 heteroatoms. The molecule has 1 N–H and O–H groups in total. The molecule has 3 aromatic heterocycles. The minimum Gasteiger partial charge on any atom is -0.300 e. The molecule has 3 heterocycles. The van der Waals surface area contributed by atoms with Gasteiger partial charge in [-0.3, -0.25) is 9.59 Å². The SMILES string of the molecule is O=C(Cn1nc(-n2cccn2)ccc1=O)Nc1nc2ccc(Cl)cc2s1. The summed E-state index contributed by atoms with van der Waals surface area (Å²) in [4.78, 5) is 28.6. The number of aromatic nitrogens is 5. The van der Waals surface area contributed by atoms with Crippen molar-refractivity contribution in [1.82, 2.24) is 24.5 Å². The molecule has 26 heavy (non-hydrogen) atoms. The normalized spacial score (nSPS) is 11.0. The van der Waals surface area contributed by atoms with Crippen molar-refractivity contribution in [2.75, 3.05) is 5.32 Å². The van der Waals surface area contributed by atoms with E-state index in [1.54, 1.807) is 42.7 Å². The van der Waals surface area contributed by atoms with Gasteiger partial charge in [0.05, 0.1) is 10.2 Å². The molecule has 8 nitrogen and oxygen atoms in total. The highest BCUT2D eigenvalue weighted by atomic mass is 35.5. The van der Waals surface area contributed by atoms with Gasteiger partial charge in [0.1, 0.15) is 6.54 Å². The highest BCUT2D eigenvalue weighted by Crippen LogP contribution is 2.28. The summed E-state index contributed by atoms with van der Waals surface area (Å²) >= 11 is 7.26. The summed E-state index contributed by atoms with van der Waals surface area (Å²) in [5.41, 5.74) is 0.359. The van der Waals surface area contributed by atoms with Crippen LogP contribution in [0.3, 0.4) is 0 Å². The standard InChI is InChI=1S/C16H11ClN6O2S/c17-10-2-3-11-12(8-10)26-16(19-11)20-14(24)9-23-15(25)5-4-13(21-23)22-7-1-6-18-22/h1-8H,9H2,(H,19,20,24). The molecule has 0 unspecified atom stereocenters. The lowest BCUT2D eigenvalue weighted by molar-refractivity contribution is -0.117. The van der Waals surface area contributed by atoms with Gasteiger partial charge in [0.25, 0.3) is 5.56 Å². The van der Waals surface area contributed by atoms with Crippen LogP contribution in [0.2, 0.25) is 5.02 Å². The van der Waals surface area contributed by atoms with Gasteiger partial charge in [-0.05, 0) is 30.3 Å². The largest absolute Gasteiger partial charge is 0.300 e. The Morgan fingerprint density at radius 2 is 2.15 bits per heavy atom. The van der Waals surface area contributed by atoms with Crippen molar-refractivity contribution in [1.29, 1.82) is 0 Å². The zero-order valence-electron chi connectivity index (χ0n) is 13.2. The Morgan fingerprint density at radius 1 is 1.27 bits per heavy atom. The van der Waals surface area contributed by atoms with Gasteiger partial charge in [0, 0.05) is 23.5 Å².